The number of aromatic amines is 1. The number of nitrogens with one attached hydrogen (secondary N) is 1. The van der Waals surface area contributed by atoms with Gasteiger partial charge in [0.1, 0.15) is 6.61 Å². The third kappa shape index (κ3) is 2.93. The Morgan fingerprint density at radius 1 is 1.29 bits per heavy atom. The quantitative estimate of drug-likeness (QED) is 0.656. The zero-order valence-corrected chi connectivity index (χ0v) is 13.1. The summed E-state index contributed by atoms with van der Waals surface area (Å²) in [6.07, 6.45) is 1.39. The minimum Gasteiger partial charge on any atom is -0.488 e. The molecule has 0 aliphatic heterocycles. The Labute approximate surface area is 141 Å². The smallest absolute Gasteiger partial charge is 0.337 e. The molecule has 0 radical (unpaired) electrons. The van der Waals surface area contributed by atoms with Gasteiger partial charge in [-0.05, 0) is 29.8 Å². The number of aliphatic hydroxyl groups excluding tert-OH is 1. The van der Waals surface area contributed by atoms with E-state index in [1.165, 1.54) is 18.3 Å². The van der Waals surface area contributed by atoms with Crippen LogP contribution in [-0.2, 0) is 0 Å². The van der Waals surface area contributed by atoms with Gasteiger partial charge in [-0.3, -0.25) is 0 Å². The molecule has 3 N–H and O–H groups in total. The number of carbonyl (C=O) groups is 1. The number of hydrogen-bond donors (Lipinski definition) is 3. The molecular weight excluding hydrogens is 337 g/mol. The van der Waals surface area contributed by atoms with E-state index < -0.39 is 11.8 Å². The summed E-state index contributed by atoms with van der Waals surface area (Å²) in [5, 5.41) is 18.8. The third-order valence-corrected chi connectivity index (χ3v) is 3.90. The van der Waals surface area contributed by atoms with E-state index in [0.717, 1.165) is 0 Å². The Kier molecular flexibility index (Phi) is 4.42. The summed E-state index contributed by atoms with van der Waals surface area (Å²) in [4.78, 5) is 14.1. The normalized spacial score (nSPS) is 11.0. The predicted octanol–water partition coefficient (Wildman–Crippen LogP) is 3.70. The molecule has 0 aliphatic carbocycles. The molecule has 0 fully saturated rings. The molecule has 1 aromatic heterocycles. The summed E-state index contributed by atoms with van der Waals surface area (Å²) in [6, 6.07) is 7.53. The average Bonchev–Trinajstić information content (AvgIpc) is 2.95. The van der Waals surface area contributed by atoms with Crippen LogP contribution in [0.5, 0.6) is 5.75 Å². The van der Waals surface area contributed by atoms with Gasteiger partial charge >= 0.3 is 5.97 Å². The summed E-state index contributed by atoms with van der Waals surface area (Å²) in [6.45, 7) is -0.219. The van der Waals surface area contributed by atoms with Crippen LogP contribution in [0.25, 0.3) is 22.0 Å². The molecular formula is C17H13ClFNO4. The van der Waals surface area contributed by atoms with Crippen molar-refractivity contribution in [2.24, 2.45) is 0 Å². The molecule has 0 saturated carbocycles. The van der Waals surface area contributed by atoms with Crippen LogP contribution >= 0.6 is 11.6 Å². The van der Waals surface area contributed by atoms with Crippen molar-refractivity contribution >= 4 is 28.5 Å². The van der Waals surface area contributed by atoms with Crippen molar-refractivity contribution in [3.63, 3.8) is 0 Å². The number of benzene rings is 2. The van der Waals surface area contributed by atoms with Crippen molar-refractivity contribution < 1.29 is 24.1 Å². The molecule has 24 heavy (non-hydrogen) atoms. The number of aromatic carboxylic acids is 1. The number of carboxylic acids is 1. The Balaban J connectivity index is 2.08. The van der Waals surface area contributed by atoms with Gasteiger partial charge in [0.25, 0.3) is 0 Å². The lowest BCUT2D eigenvalue weighted by atomic mass is 10.0. The maximum atomic E-state index is 14.1. The number of aliphatic hydroxyl groups is 1. The number of hydrogen-bond acceptors (Lipinski definition) is 3. The van der Waals surface area contributed by atoms with E-state index in [1.54, 1.807) is 18.2 Å². The largest absolute Gasteiger partial charge is 0.488 e. The first-order chi connectivity index (χ1) is 11.5. The lowest BCUT2D eigenvalue weighted by molar-refractivity contribution is 0.0699. The Hall–Kier alpha value is -2.57. The maximum Gasteiger partial charge on any atom is 0.337 e. The van der Waals surface area contributed by atoms with Crippen molar-refractivity contribution in [1.29, 1.82) is 0 Å². The fraction of sp³-hybridized carbons (Fsp3) is 0.118. The molecule has 3 aromatic rings. The van der Waals surface area contributed by atoms with Gasteiger partial charge in [0.05, 0.1) is 17.2 Å². The van der Waals surface area contributed by atoms with Gasteiger partial charge < -0.3 is 19.9 Å². The predicted molar refractivity (Wildman–Crippen MR) is 88.2 cm³/mol. The van der Waals surface area contributed by atoms with E-state index in [1.807, 2.05) is 0 Å². The summed E-state index contributed by atoms with van der Waals surface area (Å²) in [5.74, 6) is -1.63. The lowest BCUT2D eigenvalue weighted by Gasteiger charge is -2.09. The van der Waals surface area contributed by atoms with E-state index in [4.69, 9.17) is 21.4 Å². The first-order valence-electron chi connectivity index (χ1n) is 7.08. The highest BCUT2D eigenvalue weighted by Gasteiger charge is 2.15. The molecule has 7 heteroatoms. The van der Waals surface area contributed by atoms with Gasteiger partial charge in [0, 0.05) is 22.7 Å². The van der Waals surface area contributed by atoms with Crippen molar-refractivity contribution in [2.75, 3.05) is 13.2 Å². The zero-order valence-electron chi connectivity index (χ0n) is 12.3. The number of carboxylic acid groups (broad SMARTS) is 1. The van der Waals surface area contributed by atoms with Gasteiger partial charge in [-0.2, -0.15) is 0 Å². The van der Waals surface area contributed by atoms with Gasteiger partial charge in [-0.1, -0.05) is 17.7 Å². The standard InChI is InChI=1S/C17H13ClFNO4/c18-13-7-15-11(12(8-20-15)17(22)23)6-10(13)9-1-2-16(14(19)5-9)24-4-3-21/h1-2,5-8,20-21H,3-4H2,(H,22,23). The molecule has 0 spiro atoms. The summed E-state index contributed by atoms with van der Waals surface area (Å²) < 4.78 is 19.2. The van der Waals surface area contributed by atoms with Crippen molar-refractivity contribution in [1.82, 2.24) is 4.98 Å². The lowest BCUT2D eigenvalue weighted by Crippen LogP contribution is -2.03. The molecule has 124 valence electrons. The highest BCUT2D eigenvalue weighted by Crippen LogP contribution is 2.35. The van der Waals surface area contributed by atoms with Gasteiger partial charge in [0.2, 0.25) is 0 Å². The minimum absolute atomic E-state index is 0.00565. The third-order valence-electron chi connectivity index (χ3n) is 3.59. The first kappa shape index (κ1) is 16.3. The van der Waals surface area contributed by atoms with E-state index in [2.05, 4.69) is 4.98 Å². The Bertz CT molecular complexity index is 922. The molecule has 3 rings (SSSR count). The molecule has 5 nitrogen and oxygen atoms in total. The topological polar surface area (TPSA) is 82.5 Å². The first-order valence-corrected chi connectivity index (χ1v) is 7.46. The molecule has 0 amide bonds. The van der Waals surface area contributed by atoms with E-state index in [-0.39, 0.29) is 24.5 Å². The molecule has 0 saturated heterocycles. The van der Waals surface area contributed by atoms with Crippen LogP contribution in [0.1, 0.15) is 10.4 Å². The molecule has 0 bridgehead atoms. The highest BCUT2D eigenvalue weighted by atomic mass is 35.5. The number of H-pyrrole nitrogens is 1. The molecule has 1 heterocycles. The molecule has 0 aliphatic rings. The monoisotopic (exact) mass is 349 g/mol. The summed E-state index contributed by atoms with van der Waals surface area (Å²) in [7, 11) is 0. The van der Waals surface area contributed by atoms with Gasteiger partial charge in [-0.15, -0.1) is 0 Å². The number of ether oxygens (including phenoxy) is 1. The second-order valence-corrected chi connectivity index (χ2v) is 5.51. The molecule has 0 unspecified atom stereocenters. The van der Waals surface area contributed by atoms with Crippen LogP contribution in [0.4, 0.5) is 4.39 Å². The second-order valence-electron chi connectivity index (χ2n) is 5.10. The van der Waals surface area contributed by atoms with Crippen LogP contribution in [-0.4, -0.2) is 34.4 Å². The maximum absolute atomic E-state index is 14.1. The number of aromatic nitrogens is 1. The van der Waals surface area contributed by atoms with Crippen molar-refractivity contribution in [3.8, 4) is 16.9 Å². The van der Waals surface area contributed by atoms with Gasteiger partial charge in [-0.25, -0.2) is 9.18 Å². The number of halogens is 2. The van der Waals surface area contributed by atoms with Crippen LogP contribution in [0.2, 0.25) is 5.02 Å². The van der Waals surface area contributed by atoms with Crippen molar-refractivity contribution in [3.05, 3.63) is 52.9 Å². The number of rotatable bonds is 5. The molecule has 2 aromatic carbocycles. The fourth-order valence-corrected chi connectivity index (χ4v) is 2.76. The minimum atomic E-state index is -1.06. The Morgan fingerprint density at radius 2 is 2.08 bits per heavy atom. The van der Waals surface area contributed by atoms with Crippen LogP contribution < -0.4 is 4.74 Å². The van der Waals surface area contributed by atoms with E-state index in [0.29, 0.717) is 27.1 Å². The van der Waals surface area contributed by atoms with E-state index in [9.17, 15) is 14.3 Å². The van der Waals surface area contributed by atoms with Gasteiger partial charge in [0.15, 0.2) is 11.6 Å². The SMILES string of the molecule is O=C(O)c1c[nH]c2cc(Cl)c(-c3ccc(OCCO)c(F)c3)cc12. The van der Waals surface area contributed by atoms with E-state index >= 15 is 0 Å². The van der Waals surface area contributed by atoms with Crippen molar-refractivity contribution in [2.45, 2.75) is 0 Å². The second kappa shape index (κ2) is 6.51. The van der Waals surface area contributed by atoms with Crippen LogP contribution in [0, 0.1) is 5.82 Å². The zero-order chi connectivity index (χ0) is 17.3. The van der Waals surface area contributed by atoms with Crippen LogP contribution in [0.3, 0.4) is 0 Å². The fourth-order valence-electron chi connectivity index (χ4n) is 2.48. The summed E-state index contributed by atoms with van der Waals surface area (Å²) >= 11 is 6.25. The number of fused-ring (bicyclic) bond motifs is 1. The highest BCUT2D eigenvalue weighted by molar-refractivity contribution is 6.34. The Morgan fingerprint density at radius 3 is 2.75 bits per heavy atom. The average molecular weight is 350 g/mol. The van der Waals surface area contributed by atoms with Crippen LogP contribution in [0.15, 0.2) is 36.5 Å². The molecule has 0 atom stereocenters. The summed E-state index contributed by atoms with van der Waals surface area (Å²) in [5.41, 5.74) is 1.71.